The Morgan fingerprint density at radius 2 is 1.89 bits per heavy atom. The average Bonchev–Trinajstić information content (AvgIpc) is 2.86. The maximum Gasteiger partial charge on any atom is 0.0659 e. The van der Waals surface area contributed by atoms with Gasteiger partial charge >= 0.3 is 0 Å². The summed E-state index contributed by atoms with van der Waals surface area (Å²) in [6.07, 6.45) is 5.18. The molecule has 102 valence electrons. The van der Waals surface area contributed by atoms with E-state index in [1.807, 2.05) is 16.9 Å². The van der Waals surface area contributed by atoms with Crippen molar-refractivity contribution in [3.63, 3.8) is 0 Å². The summed E-state index contributed by atoms with van der Waals surface area (Å²) >= 11 is 0. The monoisotopic (exact) mass is 257 g/mol. The number of benzene rings is 1. The summed E-state index contributed by atoms with van der Waals surface area (Å²) in [4.78, 5) is 0. The highest BCUT2D eigenvalue weighted by Crippen LogP contribution is 2.09. The van der Waals surface area contributed by atoms with Crippen LogP contribution in [0.2, 0.25) is 0 Å². The average molecular weight is 257 g/mol. The van der Waals surface area contributed by atoms with Gasteiger partial charge in [0.25, 0.3) is 0 Å². The number of aromatic nitrogens is 2. The molecule has 0 saturated heterocycles. The number of hydrogen-bond acceptors (Lipinski definition) is 2. The molecule has 0 radical (unpaired) electrons. The van der Waals surface area contributed by atoms with E-state index in [9.17, 15) is 0 Å². The van der Waals surface area contributed by atoms with Crippen molar-refractivity contribution >= 4 is 0 Å². The molecular weight excluding hydrogens is 234 g/mol. The van der Waals surface area contributed by atoms with E-state index in [2.05, 4.69) is 61.6 Å². The molecule has 0 spiro atoms. The van der Waals surface area contributed by atoms with Crippen molar-refractivity contribution in [1.29, 1.82) is 0 Å². The van der Waals surface area contributed by atoms with Crippen molar-refractivity contribution < 1.29 is 0 Å². The van der Waals surface area contributed by atoms with Crippen LogP contribution in [0.25, 0.3) is 0 Å². The Bertz CT molecular complexity index is 500. The van der Waals surface area contributed by atoms with E-state index >= 15 is 0 Å². The molecule has 0 aliphatic heterocycles. The van der Waals surface area contributed by atoms with E-state index in [0.29, 0.717) is 0 Å². The molecular formula is C16H23N3. The van der Waals surface area contributed by atoms with Gasteiger partial charge in [-0.25, -0.2) is 0 Å². The van der Waals surface area contributed by atoms with E-state index in [0.717, 1.165) is 19.5 Å². The Morgan fingerprint density at radius 1 is 1.16 bits per heavy atom. The second-order valence-corrected chi connectivity index (χ2v) is 5.62. The molecule has 0 amide bonds. The SMILES string of the molecule is CCC(C)(C)NCc1cnn(Cc2ccccc2)c1. The summed E-state index contributed by atoms with van der Waals surface area (Å²) in [6, 6.07) is 10.4. The highest BCUT2D eigenvalue weighted by molar-refractivity contribution is 5.15. The van der Waals surface area contributed by atoms with Crippen molar-refractivity contribution in [2.75, 3.05) is 0 Å². The lowest BCUT2D eigenvalue weighted by molar-refractivity contribution is 0.374. The first-order valence-electron chi connectivity index (χ1n) is 6.89. The van der Waals surface area contributed by atoms with E-state index in [-0.39, 0.29) is 5.54 Å². The molecule has 0 unspecified atom stereocenters. The topological polar surface area (TPSA) is 29.9 Å². The quantitative estimate of drug-likeness (QED) is 0.861. The van der Waals surface area contributed by atoms with Crippen molar-refractivity contribution in [3.05, 3.63) is 53.9 Å². The standard InChI is InChI=1S/C16H23N3/c1-4-16(2,3)17-10-15-11-18-19(13-15)12-14-8-6-5-7-9-14/h5-9,11,13,17H,4,10,12H2,1-3H3. The van der Waals surface area contributed by atoms with Crippen LogP contribution in [-0.4, -0.2) is 15.3 Å². The fourth-order valence-electron chi connectivity index (χ4n) is 1.82. The zero-order chi connectivity index (χ0) is 13.7. The molecule has 3 nitrogen and oxygen atoms in total. The summed E-state index contributed by atoms with van der Waals surface area (Å²) in [7, 11) is 0. The van der Waals surface area contributed by atoms with Crippen LogP contribution in [0.1, 0.15) is 38.3 Å². The highest BCUT2D eigenvalue weighted by Gasteiger charge is 2.13. The predicted molar refractivity (Wildman–Crippen MR) is 79.0 cm³/mol. The van der Waals surface area contributed by atoms with Crippen LogP contribution in [0, 0.1) is 0 Å². The van der Waals surface area contributed by atoms with E-state index in [1.54, 1.807) is 0 Å². The third-order valence-electron chi connectivity index (χ3n) is 3.53. The molecule has 1 aromatic heterocycles. The van der Waals surface area contributed by atoms with Gasteiger partial charge in [-0.15, -0.1) is 0 Å². The second kappa shape index (κ2) is 6.02. The Labute approximate surface area is 115 Å². The zero-order valence-electron chi connectivity index (χ0n) is 12.1. The zero-order valence-corrected chi connectivity index (χ0v) is 12.1. The predicted octanol–water partition coefficient (Wildman–Crippen LogP) is 3.21. The molecule has 0 aliphatic carbocycles. The second-order valence-electron chi connectivity index (χ2n) is 5.62. The molecule has 0 bridgehead atoms. The summed E-state index contributed by atoms with van der Waals surface area (Å²) < 4.78 is 1.99. The van der Waals surface area contributed by atoms with Gasteiger partial charge < -0.3 is 5.32 Å². The lowest BCUT2D eigenvalue weighted by Crippen LogP contribution is -2.37. The number of nitrogens with one attached hydrogen (secondary N) is 1. The van der Waals surface area contributed by atoms with E-state index < -0.39 is 0 Å². The van der Waals surface area contributed by atoms with Crippen molar-refractivity contribution in [1.82, 2.24) is 15.1 Å². The molecule has 2 aromatic rings. The number of hydrogen-bond donors (Lipinski definition) is 1. The van der Waals surface area contributed by atoms with Gasteiger partial charge in [-0.3, -0.25) is 4.68 Å². The first-order valence-corrected chi connectivity index (χ1v) is 6.89. The Morgan fingerprint density at radius 3 is 2.58 bits per heavy atom. The molecule has 0 atom stereocenters. The van der Waals surface area contributed by atoms with Gasteiger partial charge in [-0.1, -0.05) is 37.3 Å². The van der Waals surface area contributed by atoms with Crippen molar-refractivity contribution in [3.8, 4) is 0 Å². The molecule has 0 saturated carbocycles. The minimum atomic E-state index is 0.182. The van der Waals surface area contributed by atoms with Crippen LogP contribution >= 0.6 is 0 Å². The number of rotatable bonds is 6. The third kappa shape index (κ3) is 4.21. The minimum Gasteiger partial charge on any atom is -0.308 e. The molecule has 1 N–H and O–H groups in total. The minimum absolute atomic E-state index is 0.182. The van der Waals surface area contributed by atoms with Crippen LogP contribution < -0.4 is 5.32 Å². The normalized spacial score (nSPS) is 11.7. The Balaban J connectivity index is 1.92. The molecule has 0 aliphatic rings. The van der Waals surface area contributed by atoms with Gasteiger partial charge in [0.05, 0.1) is 12.7 Å². The number of nitrogens with zero attached hydrogens (tertiary/aromatic N) is 2. The smallest absolute Gasteiger partial charge is 0.0659 e. The summed E-state index contributed by atoms with van der Waals surface area (Å²) in [6.45, 7) is 8.35. The lowest BCUT2D eigenvalue weighted by atomic mass is 10.0. The summed E-state index contributed by atoms with van der Waals surface area (Å²) in [5, 5.41) is 7.96. The molecule has 0 fully saturated rings. The largest absolute Gasteiger partial charge is 0.308 e. The van der Waals surface area contributed by atoms with Gasteiger partial charge in [0, 0.05) is 23.8 Å². The molecule has 19 heavy (non-hydrogen) atoms. The van der Waals surface area contributed by atoms with Gasteiger partial charge in [0.1, 0.15) is 0 Å². The van der Waals surface area contributed by atoms with Gasteiger partial charge in [-0.05, 0) is 25.8 Å². The summed E-state index contributed by atoms with van der Waals surface area (Å²) in [5.41, 5.74) is 2.69. The van der Waals surface area contributed by atoms with Crippen LogP contribution in [0.4, 0.5) is 0 Å². The van der Waals surface area contributed by atoms with Crippen molar-refractivity contribution in [2.45, 2.75) is 45.8 Å². The van der Waals surface area contributed by atoms with Crippen LogP contribution in [-0.2, 0) is 13.1 Å². The maximum atomic E-state index is 4.41. The van der Waals surface area contributed by atoms with E-state index in [1.165, 1.54) is 11.1 Å². The van der Waals surface area contributed by atoms with Gasteiger partial charge in [0.15, 0.2) is 0 Å². The van der Waals surface area contributed by atoms with Crippen LogP contribution in [0.15, 0.2) is 42.7 Å². The van der Waals surface area contributed by atoms with E-state index in [4.69, 9.17) is 0 Å². The molecule has 3 heteroatoms. The fraction of sp³-hybridized carbons (Fsp3) is 0.438. The van der Waals surface area contributed by atoms with Crippen molar-refractivity contribution in [2.24, 2.45) is 0 Å². The first-order chi connectivity index (χ1) is 9.09. The van der Waals surface area contributed by atoms with Gasteiger partial charge in [0.2, 0.25) is 0 Å². The molecule has 1 heterocycles. The Kier molecular flexibility index (Phi) is 4.38. The third-order valence-corrected chi connectivity index (χ3v) is 3.53. The Hall–Kier alpha value is -1.61. The van der Waals surface area contributed by atoms with Gasteiger partial charge in [-0.2, -0.15) is 5.10 Å². The molecule has 2 rings (SSSR count). The summed E-state index contributed by atoms with van der Waals surface area (Å²) in [5.74, 6) is 0. The lowest BCUT2D eigenvalue weighted by Gasteiger charge is -2.24. The fourth-order valence-corrected chi connectivity index (χ4v) is 1.82. The highest BCUT2D eigenvalue weighted by atomic mass is 15.3. The first kappa shape index (κ1) is 13.8. The molecule has 1 aromatic carbocycles. The van der Waals surface area contributed by atoms with Crippen LogP contribution in [0.3, 0.4) is 0 Å². The van der Waals surface area contributed by atoms with Crippen LogP contribution in [0.5, 0.6) is 0 Å². The maximum absolute atomic E-state index is 4.41.